The van der Waals surface area contributed by atoms with E-state index in [1.807, 2.05) is 45.0 Å². The first kappa shape index (κ1) is 49.1. The maximum absolute atomic E-state index is 5.63. The first-order chi connectivity index (χ1) is 25.9. The molecule has 0 radical (unpaired) electrons. The first-order valence-electron chi connectivity index (χ1n) is 20.7. The molecule has 4 aromatic rings. The summed E-state index contributed by atoms with van der Waals surface area (Å²) in [5, 5.41) is 0. The molecule has 0 aliphatic heterocycles. The molecular formula is C51H78O4. The molecule has 0 saturated heterocycles. The van der Waals surface area contributed by atoms with Gasteiger partial charge in [0.05, 0.1) is 26.9 Å². The maximum atomic E-state index is 5.63. The van der Waals surface area contributed by atoms with Crippen LogP contribution in [0.2, 0.25) is 0 Å². The average molecular weight is 755 g/mol. The van der Waals surface area contributed by atoms with Crippen LogP contribution < -0.4 is 18.9 Å². The van der Waals surface area contributed by atoms with Crippen molar-refractivity contribution >= 4 is 0 Å². The Morgan fingerprint density at radius 3 is 1.24 bits per heavy atom. The van der Waals surface area contributed by atoms with Crippen LogP contribution in [-0.4, -0.2) is 26.9 Å². The van der Waals surface area contributed by atoms with E-state index in [1.165, 1.54) is 22.3 Å². The second kappa shape index (κ2) is 23.9. The highest BCUT2D eigenvalue weighted by Gasteiger charge is 2.22. The van der Waals surface area contributed by atoms with E-state index in [2.05, 4.69) is 156 Å². The molecule has 4 nitrogen and oxygen atoms in total. The van der Waals surface area contributed by atoms with Crippen LogP contribution >= 0.6 is 0 Å². The minimum absolute atomic E-state index is 0.200. The standard InChI is InChI=1S/3C13H20O.C12H18O/c1-5-13(3,4)11-7-9-12(10-8-11)14-6-2;1-5-13(3,4)11-8-7-9-12(10-11)14-6-2;1-5-13(3,4)11-9-7-8-10-12(11)14-6-2;1-5-12(2,3)10-6-8-11(13-4)9-7-10/h3*7-10H,5-6H2,1-4H3;6-9H,5H2,1-4H3. The van der Waals surface area contributed by atoms with Crippen molar-refractivity contribution in [1.82, 2.24) is 0 Å². The Morgan fingerprint density at radius 1 is 0.382 bits per heavy atom. The van der Waals surface area contributed by atoms with Crippen LogP contribution in [0.1, 0.15) is 152 Å². The highest BCUT2D eigenvalue weighted by molar-refractivity contribution is 5.39. The van der Waals surface area contributed by atoms with Crippen molar-refractivity contribution in [2.24, 2.45) is 0 Å². The molecule has 0 spiro atoms. The number of hydrogen-bond acceptors (Lipinski definition) is 4. The molecule has 0 N–H and O–H groups in total. The fourth-order valence-electron chi connectivity index (χ4n) is 5.49. The molecule has 0 aromatic heterocycles. The van der Waals surface area contributed by atoms with Gasteiger partial charge in [0.15, 0.2) is 0 Å². The molecular weight excluding hydrogens is 677 g/mol. The number of rotatable bonds is 15. The van der Waals surface area contributed by atoms with Crippen LogP contribution in [0, 0.1) is 0 Å². The lowest BCUT2D eigenvalue weighted by atomic mass is 9.82. The van der Waals surface area contributed by atoms with Gasteiger partial charge < -0.3 is 18.9 Å². The Hall–Kier alpha value is -3.92. The van der Waals surface area contributed by atoms with Gasteiger partial charge in [0, 0.05) is 0 Å². The van der Waals surface area contributed by atoms with Gasteiger partial charge in [0.1, 0.15) is 23.0 Å². The molecule has 0 fully saturated rings. The van der Waals surface area contributed by atoms with Gasteiger partial charge in [-0.15, -0.1) is 0 Å². The Balaban J connectivity index is 0.000000367. The number of para-hydroxylation sites is 1. The third-order valence-electron chi connectivity index (χ3n) is 11.2. The van der Waals surface area contributed by atoms with Gasteiger partial charge >= 0.3 is 0 Å². The lowest BCUT2D eigenvalue weighted by molar-refractivity contribution is 0.326. The van der Waals surface area contributed by atoms with Crippen LogP contribution in [0.25, 0.3) is 0 Å². The van der Waals surface area contributed by atoms with Crippen molar-refractivity contribution in [3.05, 3.63) is 119 Å². The summed E-state index contributed by atoms with van der Waals surface area (Å²) in [4.78, 5) is 0. The van der Waals surface area contributed by atoms with Crippen LogP contribution in [0.5, 0.6) is 23.0 Å². The Labute approximate surface area is 338 Å². The third-order valence-corrected chi connectivity index (χ3v) is 11.2. The molecule has 306 valence electrons. The van der Waals surface area contributed by atoms with Gasteiger partial charge in [0.25, 0.3) is 0 Å². The van der Waals surface area contributed by atoms with E-state index in [-0.39, 0.29) is 21.7 Å². The number of ether oxygens (including phenoxy) is 4. The van der Waals surface area contributed by atoms with Crippen LogP contribution in [0.15, 0.2) is 97.1 Å². The predicted octanol–water partition coefficient (Wildman–Crippen LogP) is 14.7. The minimum Gasteiger partial charge on any atom is -0.497 e. The summed E-state index contributed by atoms with van der Waals surface area (Å²) in [5.74, 6) is 3.90. The lowest BCUT2D eigenvalue weighted by Gasteiger charge is -2.25. The summed E-state index contributed by atoms with van der Waals surface area (Å²) >= 11 is 0. The molecule has 4 rings (SSSR count). The monoisotopic (exact) mass is 755 g/mol. The first-order valence-corrected chi connectivity index (χ1v) is 20.7. The van der Waals surface area contributed by atoms with E-state index in [9.17, 15) is 0 Å². The summed E-state index contributed by atoms with van der Waals surface area (Å²) in [5.41, 5.74) is 6.39. The maximum Gasteiger partial charge on any atom is 0.123 e. The molecule has 0 unspecified atom stereocenters. The Morgan fingerprint density at radius 2 is 0.800 bits per heavy atom. The highest BCUT2D eigenvalue weighted by Crippen LogP contribution is 2.34. The molecule has 55 heavy (non-hydrogen) atoms. The molecule has 0 bridgehead atoms. The van der Waals surface area contributed by atoms with Crippen molar-refractivity contribution in [1.29, 1.82) is 0 Å². The van der Waals surface area contributed by atoms with Gasteiger partial charge in [-0.1, -0.05) is 138 Å². The van der Waals surface area contributed by atoms with Gasteiger partial charge in [0.2, 0.25) is 0 Å². The topological polar surface area (TPSA) is 36.9 Å². The molecule has 0 amide bonds. The lowest BCUT2D eigenvalue weighted by Crippen LogP contribution is -2.16. The quantitative estimate of drug-likeness (QED) is 0.121. The normalized spacial score (nSPS) is 11.4. The van der Waals surface area contributed by atoms with Crippen molar-refractivity contribution in [3.8, 4) is 23.0 Å². The fourth-order valence-corrected chi connectivity index (χ4v) is 5.49. The number of methoxy groups -OCH3 is 1. The summed E-state index contributed by atoms with van der Waals surface area (Å²) in [6, 6.07) is 33.5. The fraction of sp³-hybridized carbons (Fsp3) is 0.529. The smallest absolute Gasteiger partial charge is 0.123 e. The highest BCUT2D eigenvalue weighted by atomic mass is 16.5. The molecule has 4 aromatic carbocycles. The zero-order chi connectivity index (χ0) is 41.7. The largest absolute Gasteiger partial charge is 0.497 e. The zero-order valence-electron chi connectivity index (χ0n) is 37.8. The summed E-state index contributed by atoms with van der Waals surface area (Å²) in [6.45, 7) is 35.2. The van der Waals surface area contributed by atoms with Crippen LogP contribution in [0.4, 0.5) is 0 Å². The van der Waals surface area contributed by atoms with Crippen molar-refractivity contribution < 1.29 is 18.9 Å². The van der Waals surface area contributed by atoms with Crippen molar-refractivity contribution in [2.45, 2.75) is 151 Å². The molecule has 4 heteroatoms. The van der Waals surface area contributed by atoms with Gasteiger partial charge in [-0.25, -0.2) is 0 Å². The average Bonchev–Trinajstić information content (AvgIpc) is 3.19. The second-order valence-corrected chi connectivity index (χ2v) is 16.5. The van der Waals surface area contributed by atoms with E-state index < -0.39 is 0 Å². The van der Waals surface area contributed by atoms with Gasteiger partial charge in [-0.2, -0.15) is 0 Å². The van der Waals surface area contributed by atoms with Crippen molar-refractivity contribution in [2.75, 3.05) is 26.9 Å². The number of hydrogen-bond donors (Lipinski definition) is 0. The zero-order valence-corrected chi connectivity index (χ0v) is 37.8. The molecule has 0 aliphatic rings. The van der Waals surface area contributed by atoms with E-state index in [1.54, 1.807) is 7.11 Å². The molecule has 0 heterocycles. The van der Waals surface area contributed by atoms with Gasteiger partial charge in [-0.3, -0.25) is 0 Å². The minimum atomic E-state index is 0.200. The summed E-state index contributed by atoms with van der Waals surface area (Å²) in [6.07, 6.45) is 4.57. The van der Waals surface area contributed by atoms with Crippen LogP contribution in [-0.2, 0) is 21.7 Å². The van der Waals surface area contributed by atoms with E-state index in [0.29, 0.717) is 0 Å². The molecule has 0 aliphatic carbocycles. The van der Waals surface area contributed by atoms with E-state index in [0.717, 1.165) is 68.5 Å². The molecule has 0 atom stereocenters. The summed E-state index contributed by atoms with van der Waals surface area (Å²) < 4.78 is 21.6. The number of benzene rings is 4. The van der Waals surface area contributed by atoms with E-state index >= 15 is 0 Å². The third kappa shape index (κ3) is 16.4. The molecule has 0 saturated carbocycles. The van der Waals surface area contributed by atoms with E-state index in [4.69, 9.17) is 18.9 Å². The Bertz CT molecular complexity index is 1600. The SMILES string of the molecule is CCC(C)(C)c1ccc(OC)cc1.CCOc1ccc(C(C)(C)CC)cc1.CCOc1cccc(C(C)(C)CC)c1.CCOc1ccccc1C(C)(C)CC. The second-order valence-electron chi connectivity index (χ2n) is 16.5. The predicted molar refractivity (Wildman–Crippen MR) is 239 cm³/mol. The Kier molecular flexibility index (Phi) is 21.3. The van der Waals surface area contributed by atoms with Gasteiger partial charge in [-0.05, 0) is 133 Å². The van der Waals surface area contributed by atoms with Crippen molar-refractivity contribution in [3.63, 3.8) is 0 Å². The summed E-state index contributed by atoms with van der Waals surface area (Å²) in [7, 11) is 1.69. The van der Waals surface area contributed by atoms with Crippen LogP contribution in [0.3, 0.4) is 0 Å².